The van der Waals surface area contributed by atoms with Crippen LogP contribution in [0.4, 0.5) is 0 Å². The molecule has 1 aromatic carbocycles. The number of hydrogen-bond donors (Lipinski definition) is 2. The Bertz CT molecular complexity index is 377. The summed E-state index contributed by atoms with van der Waals surface area (Å²) in [6.45, 7) is 5.30. The van der Waals surface area contributed by atoms with E-state index in [-0.39, 0.29) is 5.75 Å². The van der Waals surface area contributed by atoms with E-state index >= 15 is 0 Å². The summed E-state index contributed by atoms with van der Waals surface area (Å²) in [7, 11) is 0. The van der Waals surface area contributed by atoms with Crippen molar-refractivity contribution in [3.8, 4) is 5.75 Å². The first-order chi connectivity index (χ1) is 8.61. The standard InChI is InChI=1S/C15H23NO2/c1-2-16-10-3-8-15(18,9-11-16)12-13-4-6-14(17)7-5-13/h4-7,17-18H,2-3,8-12H2,1H3. The molecule has 0 bridgehead atoms. The summed E-state index contributed by atoms with van der Waals surface area (Å²) in [6.07, 6.45) is 3.44. The van der Waals surface area contributed by atoms with E-state index in [4.69, 9.17) is 0 Å². The van der Waals surface area contributed by atoms with Crippen molar-refractivity contribution in [1.82, 2.24) is 4.90 Å². The fourth-order valence-corrected chi connectivity index (χ4v) is 2.72. The zero-order chi connectivity index (χ0) is 13.0. The Balaban J connectivity index is 2.00. The quantitative estimate of drug-likeness (QED) is 0.863. The summed E-state index contributed by atoms with van der Waals surface area (Å²) < 4.78 is 0. The van der Waals surface area contributed by atoms with Crippen LogP contribution in [0.2, 0.25) is 0 Å². The number of phenols is 1. The normalized spacial score (nSPS) is 25.9. The van der Waals surface area contributed by atoms with E-state index in [1.807, 2.05) is 12.1 Å². The van der Waals surface area contributed by atoms with E-state index in [1.165, 1.54) is 0 Å². The number of phenolic OH excluding ortho intramolecular Hbond substituents is 1. The molecule has 0 saturated carbocycles. The first kappa shape index (κ1) is 13.4. The minimum absolute atomic E-state index is 0.281. The molecule has 0 spiro atoms. The molecule has 0 amide bonds. The average molecular weight is 249 g/mol. The number of benzene rings is 1. The van der Waals surface area contributed by atoms with E-state index in [1.54, 1.807) is 12.1 Å². The van der Waals surface area contributed by atoms with Crippen molar-refractivity contribution in [3.05, 3.63) is 29.8 Å². The van der Waals surface area contributed by atoms with Crippen LogP contribution in [-0.2, 0) is 6.42 Å². The van der Waals surface area contributed by atoms with Crippen LogP contribution in [0.5, 0.6) is 5.75 Å². The monoisotopic (exact) mass is 249 g/mol. The highest BCUT2D eigenvalue weighted by Crippen LogP contribution is 2.27. The van der Waals surface area contributed by atoms with Gasteiger partial charge in [-0.05, 0) is 50.0 Å². The van der Waals surface area contributed by atoms with Crippen molar-refractivity contribution in [2.24, 2.45) is 0 Å². The third-order valence-corrected chi connectivity index (χ3v) is 3.93. The number of hydrogen-bond acceptors (Lipinski definition) is 3. The second kappa shape index (κ2) is 5.72. The van der Waals surface area contributed by atoms with Crippen LogP contribution in [0.15, 0.2) is 24.3 Å². The van der Waals surface area contributed by atoms with Gasteiger partial charge in [0, 0.05) is 13.0 Å². The molecular formula is C15H23NO2. The first-order valence-electron chi connectivity index (χ1n) is 6.84. The van der Waals surface area contributed by atoms with Gasteiger partial charge >= 0.3 is 0 Å². The van der Waals surface area contributed by atoms with Gasteiger partial charge in [0.25, 0.3) is 0 Å². The van der Waals surface area contributed by atoms with Gasteiger partial charge in [-0.1, -0.05) is 19.1 Å². The van der Waals surface area contributed by atoms with Crippen LogP contribution in [0.3, 0.4) is 0 Å². The van der Waals surface area contributed by atoms with Crippen molar-refractivity contribution in [2.75, 3.05) is 19.6 Å². The SMILES string of the molecule is CCN1CCCC(O)(Cc2ccc(O)cc2)CC1. The predicted molar refractivity (Wildman–Crippen MR) is 72.7 cm³/mol. The second-order valence-electron chi connectivity index (χ2n) is 5.36. The van der Waals surface area contributed by atoms with Gasteiger partial charge in [0.2, 0.25) is 0 Å². The maximum absolute atomic E-state index is 10.7. The molecular weight excluding hydrogens is 226 g/mol. The highest BCUT2D eigenvalue weighted by Gasteiger charge is 2.29. The Hall–Kier alpha value is -1.06. The molecule has 3 nitrogen and oxygen atoms in total. The van der Waals surface area contributed by atoms with Crippen molar-refractivity contribution in [3.63, 3.8) is 0 Å². The maximum atomic E-state index is 10.7. The molecule has 1 saturated heterocycles. The van der Waals surface area contributed by atoms with Gasteiger partial charge in [0.15, 0.2) is 0 Å². The fraction of sp³-hybridized carbons (Fsp3) is 0.600. The minimum atomic E-state index is -0.582. The Labute approximate surface area is 109 Å². The second-order valence-corrected chi connectivity index (χ2v) is 5.36. The van der Waals surface area contributed by atoms with Crippen LogP contribution in [0, 0.1) is 0 Å². The molecule has 1 aliphatic rings. The van der Waals surface area contributed by atoms with Crippen molar-refractivity contribution >= 4 is 0 Å². The van der Waals surface area contributed by atoms with Crippen LogP contribution < -0.4 is 0 Å². The van der Waals surface area contributed by atoms with Crippen molar-refractivity contribution in [1.29, 1.82) is 0 Å². The molecule has 1 atom stereocenters. The molecule has 2 rings (SSSR count). The van der Waals surface area contributed by atoms with E-state index in [9.17, 15) is 10.2 Å². The van der Waals surface area contributed by atoms with Gasteiger partial charge in [-0.2, -0.15) is 0 Å². The smallest absolute Gasteiger partial charge is 0.115 e. The Morgan fingerprint density at radius 3 is 2.56 bits per heavy atom. The molecule has 1 aliphatic heterocycles. The summed E-state index contributed by atoms with van der Waals surface area (Å²) in [5.74, 6) is 0.281. The Kier molecular flexibility index (Phi) is 4.25. The summed E-state index contributed by atoms with van der Waals surface area (Å²) in [5, 5.41) is 20.0. The van der Waals surface area contributed by atoms with Crippen LogP contribution in [0.25, 0.3) is 0 Å². The summed E-state index contributed by atoms with van der Waals surface area (Å²) in [4.78, 5) is 2.40. The van der Waals surface area contributed by atoms with Gasteiger partial charge in [-0.15, -0.1) is 0 Å². The highest BCUT2D eigenvalue weighted by molar-refractivity contribution is 5.27. The van der Waals surface area contributed by atoms with Crippen molar-refractivity contribution < 1.29 is 10.2 Å². The number of aromatic hydroxyl groups is 1. The fourth-order valence-electron chi connectivity index (χ4n) is 2.72. The molecule has 18 heavy (non-hydrogen) atoms. The molecule has 2 N–H and O–H groups in total. The van der Waals surface area contributed by atoms with Gasteiger partial charge in [0.05, 0.1) is 5.60 Å². The third kappa shape index (κ3) is 3.47. The average Bonchev–Trinajstić information content (AvgIpc) is 2.54. The Morgan fingerprint density at radius 2 is 1.89 bits per heavy atom. The van der Waals surface area contributed by atoms with Crippen LogP contribution >= 0.6 is 0 Å². The van der Waals surface area contributed by atoms with E-state index < -0.39 is 5.60 Å². The zero-order valence-electron chi connectivity index (χ0n) is 11.1. The molecule has 0 aliphatic carbocycles. The number of aliphatic hydroxyl groups is 1. The highest BCUT2D eigenvalue weighted by atomic mass is 16.3. The lowest BCUT2D eigenvalue weighted by atomic mass is 9.88. The molecule has 1 fully saturated rings. The lowest BCUT2D eigenvalue weighted by molar-refractivity contribution is 0.0258. The van der Waals surface area contributed by atoms with Crippen LogP contribution in [0.1, 0.15) is 31.7 Å². The van der Waals surface area contributed by atoms with Gasteiger partial charge in [-0.3, -0.25) is 0 Å². The topological polar surface area (TPSA) is 43.7 Å². The zero-order valence-corrected chi connectivity index (χ0v) is 11.1. The summed E-state index contributed by atoms with van der Waals surface area (Å²) in [6, 6.07) is 7.17. The molecule has 0 radical (unpaired) electrons. The van der Waals surface area contributed by atoms with Gasteiger partial charge in [0.1, 0.15) is 5.75 Å². The summed E-state index contributed by atoms with van der Waals surface area (Å²) in [5.41, 5.74) is 0.515. The van der Waals surface area contributed by atoms with Crippen molar-refractivity contribution in [2.45, 2.75) is 38.2 Å². The lowest BCUT2D eigenvalue weighted by Gasteiger charge is -2.27. The molecule has 1 unspecified atom stereocenters. The van der Waals surface area contributed by atoms with E-state index in [2.05, 4.69) is 11.8 Å². The Morgan fingerprint density at radius 1 is 1.17 bits per heavy atom. The molecule has 1 heterocycles. The number of rotatable bonds is 3. The van der Waals surface area contributed by atoms with E-state index in [0.717, 1.165) is 44.5 Å². The van der Waals surface area contributed by atoms with Gasteiger partial charge < -0.3 is 15.1 Å². The molecule has 3 heteroatoms. The summed E-state index contributed by atoms with van der Waals surface area (Å²) >= 11 is 0. The van der Waals surface area contributed by atoms with Gasteiger partial charge in [-0.25, -0.2) is 0 Å². The van der Waals surface area contributed by atoms with E-state index in [0.29, 0.717) is 6.42 Å². The molecule has 100 valence electrons. The molecule has 1 aromatic rings. The minimum Gasteiger partial charge on any atom is -0.508 e. The molecule has 0 aromatic heterocycles. The third-order valence-electron chi connectivity index (χ3n) is 3.93. The number of likely N-dealkylation sites (tertiary alicyclic amines) is 1. The first-order valence-corrected chi connectivity index (χ1v) is 6.84. The maximum Gasteiger partial charge on any atom is 0.115 e. The lowest BCUT2D eigenvalue weighted by Crippen LogP contribution is -2.33. The largest absolute Gasteiger partial charge is 0.508 e. The number of nitrogens with zero attached hydrogens (tertiary/aromatic N) is 1. The van der Waals surface area contributed by atoms with Crippen LogP contribution in [-0.4, -0.2) is 40.3 Å². The predicted octanol–water partition coefficient (Wildman–Crippen LogP) is 2.17.